The molecule has 0 spiro atoms. The number of carbonyl (C=O) groups is 1. The number of H-pyrrole nitrogens is 1. The molecule has 17 heavy (non-hydrogen) atoms. The van der Waals surface area contributed by atoms with Crippen LogP contribution in [0.1, 0.15) is 11.3 Å². The van der Waals surface area contributed by atoms with E-state index >= 15 is 0 Å². The molecule has 0 saturated carbocycles. The molecule has 1 aromatic carbocycles. The first-order chi connectivity index (χ1) is 8.19. The lowest BCUT2D eigenvalue weighted by Crippen LogP contribution is -2.25. The van der Waals surface area contributed by atoms with E-state index in [1.165, 1.54) is 0 Å². The number of aromatic nitrogens is 1. The minimum atomic E-state index is -0.184. The molecule has 5 nitrogen and oxygen atoms in total. The van der Waals surface area contributed by atoms with E-state index in [0.717, 1.165) is 16.6 Å². The Bertz CT molecular complexity index is 679. The molecule has 1 aliphatic rings. The van der Waals surface area contributed by atoms with Crippen LogP contribution in [0, 0.1) is 18.3 Å². The van der Waals surface area contributed by atoms with Gasteiger partial charge < -0.3 is 15.0 Å². The van der Waals surface area contributed by atoms with E-state index in [9.17, 15) is 4.79 Å². The Labute approximate surface area is 97.0 Å². The molecule has 2 heterocycles. The minimum absolute atomic E-state index is 0.0108. The normalized spacial score (nSPS) is 13.8. The quantitative estimate of drug-likeness (QED) is 0.718. The van der Waals surface area contributed by atoms with Crippen LogP contribution in [-0.2, 0) is 4.79 Å². The lowest BCUT2D eigenvalue weighted by Gasteiger charge is -2.18. The fourth-order valence-corrected chi connectivity index (χ4v) is 2.05. The summed E-state index contributed by atoms with van der Waals surface area (Å²) in [5.74, 6) is 0.353. The van der Waals surface area contributed by atoms with Crippen molar-refractivity contribution in [2.75, 3.05) is 11.9 Å². The first-order valence-electron chi connectivity index (χ1n) is 5.18. The largest absolute Gasteiger partial charge is 0.481 e. The second kappa shape index (κ2) is 3.25. The van der Waals surface area contributed by atoms with Gasteiger partial charge in [0.1, 0.15) is 11.4 Å². The summed E-state index contributed by atoms with van der Waals surface area (Å²) in [6, 6.07) is 5.67. The van der Waals surface area contributed by atoms with Crippen molar-refractivity contribution in [2.45, 2.75) is 6.92 Å². The molecule has 1 amide bonds. The van der Waals surface area contributed by atoms with E-state index in [1.807, 2.05) is 13.0 Å². The summed E-state index contributed by atoms with van der Waals surface area (Å²) in [6.45, 7) is 1.89. The van der Waals surface area contributed by atoms with Crippen molar-refractivity contribution in [1.82, 2.24) is 4.98 Å². The fraction of sp³-hybridized carbons (Fsp3) is 0.167. The Morgan fingerprint density at radius 3 is 3.06 bits per heavy atom. The van der Waals surface area contributed by atoms with E-state index in [1.54, 1.807) is 6.07 Å². The maximum atomic E-state index is 11.3. The summed E-state index contributed by atoms with van der Waals surface area (Å²) in [6.07, 6.45) is 0. The van der Waals surface area contributed by atoms with Crippen molar-refractivity contribution in [3.05, 3.63) is 23.4 Å². The molecule has 0 unspecified atom stereocenters. The van der Waals surface area contributed by atoms with Gasteiger partial charge in [0.05, 0.1) is 17.1 Å². The number of benzene rings is 1. The van der Waals surface area contributed by atoms with Gasteiger partial charge in [0.2, 0.25) is 0 Å². The van der Waals surface area contributed by atoms with E-state index < -0.39 is 0 Å². The third-order valence-electron chi connectivity index (χ3n) is 2.76. The van der Waals surface area contributed by atoms with Crippen LogP contribution in [0.5, 0.6) is 5.75 Å². The van der Waals surface area contributed by atoms with Gasteiger partial charge in [0.25, 0.3) is 5.91 Å². The third kappa shape index (κ3) is 1.35. The molecular formula is C12H9N3O2. The molecule has 2 aromatic rings. The number of aromatic amines is 1. The summed E-state index contributed by atoms with van der Waals surface area (Å²) in [7, 11) is 0. The van der Waals surface area contributed by atoms with Crippen molar-refractivity contribution >= 4 is 22.5 Å². The fourth-order valence-electron chi connectivity index (χ4n) is 2.05. The van der Waals surface area contributed by atoms with Crippen molar-refractivity contribution in [3.8, 4) is 11.8 Å². The van der Waals surface area contributed by atoms with Crippen LogP contribution in [-0.4, -0.2) is 17.5 Å². The molecule has 1 aliphatic heterocycles. The lowest BCUT2D eigenvalue weighted by atomic mass is 10.1. The van der Waals surface area contributed by atoms with Crippen LogP contribution in [0.15, 0.2) is 12.1 Å². The average Bonchev–Trinajstić information content (AvgIpc) is 2.70. The van der Waals surface area contributed by atoms with Gasteiger partial charge in [-0.05, 0) is 13.0 Å². The number of aryl methyl sites for hydroxylation is 1. The predicted molar refractivity (Wildman–Crippen MR) is 61.9 cm³/mol. The third-order valence-corrected chi connectivity index (χ3v) is 2.76. The Morgan fingerprint density at radius 2 is 2.29 bits per heavy atom. The zero-order valence-electron chi connectivity index (χ0n) is 9.13. The molecular weight excluding hydrogens is 218 g/mol. The second-order valence-electron chi connectivity index (χ2n) is 3.99. The summed E-state index contributed by atoms with van der Waals surface area (Å²) < 4.78 is 5.31. The maximum Gasteiger partial charge on any atom is 0.262 e. The van der Waals surface area contributed by atoms with Gasteiger partial charge in [-0.25, -0.2) is 0 Å². The van der Waals surface area contributed by atoms with Gasteiger partial charge >= 0.3 is 0 Å². The lowest BCUT2D eigenvalue weighted by molar-refractivity contribution is -0.118. The second-order valence-corrected chi connectivity index (χ2v) is 3.99. The highest BCUT2D eigenvalue weighted by molar-refractivity contribution is 6.07. The van der Waals surface area contributed by atoms with Crippen molar-refractivity contribution in [1.29, 1.82) is 5.26 Å². The number of hydrogen-bond acceptors (Lipinski definition) is 3. The van der Waals surface area contributed by atoms with Crippen molar-refractivity contribution in [3.63, 3.8) is 0 Å². The molecule has 0 bridgehead atoms. The Kier molecular flexibility index (Phi) is 1.86. The number of nitrogens with zero attached hydrogens (tertiary/aromatic N) is 1. The number of carbonyl (C=O) groups excluding carboxylic acids is 1. The summed E-state index contributed by atoms with van der Waals surface area (Å²) in [5, 5.41) is 12.7. The van der Waals surface area contributed by atoms with Crippen LogP contribution in [0.2, 0.25) is 0 Å². The first-order valence-corrected chi connectivity index (χ1v) is 5.18. The number of rotatable bonds is 0. The van der Waals surface area contributed by atoms with Gasteiger partial charge in [-0.3, -0.25) is 4.79 Å². The molecule has 0 radical (unpaired) electrons. The summed E-state index contributed by atoms with van der Waals surface area (Å²) in [4.78, 5) is 14.5. The average molecular weight is 227 g/mol. The molecule has 0 fully saturated rings. The van der Waals surface area contributed by atoms with Crippen molar-refractivity contribution in [2.24, 2.45) is 0 Å². The standard InChI is InChI=1S/C12H9N3O2/c1-6-2-8-7(4-13)3-9-12(11(8)14-6)15-10(16)5-17-9/h2-3,14H,5H2,1H3,(H,15,16). The molecule has 0 aliphatic carbocycles. The topological polar surface area (TPSA) is 77.9 Å². The van der Waals surface area contributed by atoms with Crippen LogP contribution >= 0.6 is 0 Å². The SMILES string of the molecule is Cc1cc2c(C#N)cc3c(c2[nH]1)NC(=O)CO3. The van der Waals surface area contributed by atoms with Crippen LogP contribution in [0.25, 0.3) is 10.9 Å². The number of nitriles is 1. The maximum absolute atomic E-state index is 11.3. The zero-order valence-corrected chi connectivity index (χ0v) is 9.13. The van der Waals surface area contributed by atoms with Crippen molar-refractivity contribution < 1.29 is 9.53 Å². The van der Waals surface area contributed by atoms with Gasteiger partial charge in [-0.15, -0.1) is 0 Å². The van der Waals surface area contributed by atoms with Gasteiger partial charge in [0, 0.05) is 17.1 Å². The zero-order chi connectivity index (χ0) is 12.0. The Morgan fingerprint density at radius 1 is 1.47 bits per heavy atom. The number of amides is 1. The van der Waals surface area contributed by atoms with Crippen LogP contribution in [0.4, 0.5) is 5.69 Å². The van der Waals surface area contributed by atoms with Gasteiger partial charge in [-0.2, -0.15) is 5.26 Å². The van der Waals surface area contributed by atoms with E-state index in [2.05, 4.69) is 16.4 Å². The highest BCUT2D eigenvalue weighted by Crippen LogP contribution is 2.37. The van der Waals surface area contributed by atoms with E-state index in [-0.39, 0.29) is 12.5 Å². The summed E-state index contributed by atoms with van der Waals surface area (Å²) >= 11 is 0. The first kappa shape index (κ1) is 9.73. The number of nitrogens with one attached hydrogen (secondary N) is 2. The molecule has 84 valence electrons. The minimum Gasteiger partial charge on any atom is -0.481 e. The Hall–Kier alpha value is -2.48. The Balaban J connectivity index is 2.39. The smallest absolute Gasteiger partial charge is 0.262 e. The van der Waals surface area contributed by atoms with Gasteiger partial charge in [0.15, 0.2) is 6.61 Å². The number of ether oxygens (including phenoxy) is 1. The molecule has 5 heteroatoms. The van der Waals surface area contributed by atoms with E-state index in [0.29, 0.717) is 17.0 Å². The molecule has 3 rings (SSSR count). The summed E-state index contributed by atoms with van der Waals surface area (Å²) in [5.41, 5.74) is 2.83. The highest BCUT2D eigenvalue weighted by Gasteiger charge is 2.21. The van der Waals surface area contributed by atoms with Crippen LogP contribution in [0.3, 0.4) is 0 Å². The molecule has 1 aromatic heterocycles. The number of hydrogen-bond donors (Lipinski definition) is 2. The monoisotopic (exact) mass is 227 g/mol. The highest BCUT2D eigenvalue weighted by atomic mass is 16.5. The van der Waals surface area contributed by atoms with E-state index in [4.69, 9.17) is 10.00 Å². The molecule has 0 atom stereocenters. The molecule has 0 saturated heterocycles. The molecule has 2 N–H and O–H groups in total. The van der Waals surface area contributed by atoms with Gasteiger partial charge in [-0.1, -0.05) is 0 Å². The predicted octanol–water partition coefficient (Wildman–Crippen LogP) is 1.68. The number of anilines is 1. The number of fused-ring (bicyclic) bond motifs is 3. The van der Waals surface area contributed by atoms with Crippen LogP contribution < -0.4 is 10.1 Å².